The van der Waals surface area contributed by atoms with Crippen LogP contribution in [0.2, 0.25) is 0 Å². The topological polar surface area (TPSA) is 83.5 Å². The molecule has 1 aliphatic carbocycles. The molecule has 3 heterocycles. The molecule has 0 N–H and O–H groups in total. The Balaban J connectivity index is 1.58. The third kappa shape index (κ3) is 3.08. The first-order chi connectivity index (χ1) is 11.7. The van der Waals surface area contributed by atoms with E-state index in [4.69, 9.17) is 5.26 Å². The molecule has 0 amide bonds. The van der Waals surface area contributed by atoms with Crippen molar-refractivity contribution in [3.63, 3.8) is 0 Å². The zero-order chi connectivity index (χ0) is 16.5. The lowest BCUT2D eigenvalue weighted by molar-refractivity contribution is 0.429. The van der Waals surface area contributed by atoms with Gasteiger partial charge in [-0.15, -0.1) is 20.4 Å². The standard InChI is InChI=1S/C16H19N7S/c1-11-6-8-22(9-7-11)15-20-21-16(23(15)13-3-4-13)24-14-5-2-12(10-17)18-19-14/h2,5,11,13H,3-4,6-9H2,1H3. The summed E-state index contributed by atoms with van der Waals surface area (Å²) in [6.45, 7) is 4.41. The van der Waals surface area contributed by atoms with Gasteiger partial charge in [0.1, 0.15) is 11.1 Å². The molecule has 2 aromatic rings. The van der Waals surface area contributed by atoms with E-state index in [0.717, 1.165) is 35.1 Å². The minimum atomic E-state index is 0.325. The van der Waals surface area contributed by atoms with E-state index in [9.17, 15) is 0 Å². The summed E-state index contributed by atoms with van der Waals surface area (Å²) in [4.78, 5) is 2.36. The molecule has 8 heteroatoms. The van der Waals surface area contributed by atoms with E-state index < -0.39 is 0 Å². The van der Waals surface area contributed by atoms with Crippen molar-refractivity contribution in [2.75, 3.05) is 18.0 Å². The van der Waals surface area contributed by atoms with Crippen molar-refractivity contribution >= 4 is 17.7 Å². The van der Waals surface area contributed by atoms with Crippen LogP contribution < -0.4 is 4.90 Å². The maximum Gasteiger partial charge on any atom is 0.228 e. The lowest BCUT2D eigenvalue weighted by atomic mass is 10.00. The zero-order valence-electron chi connectivity index (χ0n) is 13.6. The Morgan fingerprint density at radius 2 is 1.88 bits per heavy atom. The second-order valence-corrected chi connectivity index (χ2v) is 7.51. The van der Waals surface area contributed by atoms with Gasteiger partial charge in [-0.1, -0.05) is 6.92 Å². The average Bonchev–Trinajstić information content (AvgIpc) is 3.37. The molecular formula is C16H19N7S. The normalized spacial score (nSPS) is 18.6. The SMILES string of the molecule is CC1CCN(c2nnc(Sc3ccc(C#N)nn3)n2C2CC2)CC1. The molecule has 0 aromatic carbocycles. The van der Waals surface area contributed by atoms with Crippen molar-refractivity contribution in [2.24, 2.45) is 5.92 Å². The molecule has 2 aromatic heterocycles. The van der Waals surface area contributed by atoms with Gasteiger partial charge >= 0.3 is 0 Å². The molecule has 0 bridgehead atoms. The molecule has 0 unspecified atom stereocenters. The van der Waals surface area contributed by atoms with Gasteiger partial charge < -0.3 is 4.90 Å². The first-order valence-corrected chi connectivity index (χ1v) is 9.18. The molecule has 4 rings (SSSR count). The minimum Gasteiger partial charge on any atom is -0.341 e. The van der Waals surface area contributed by atoms with E-state index in [1.165, 1.54) is 37.4 Å². The smallest absolute Gasteiger partial charge is 0.228 e. The highest BCUT2D eigenvalue weighted by atomic mass is 32.2. The number of aromatic nitrogens is 5. The second-order valence-electron chi connectivity index (χ2n) is 6.52. The van der Waals surface area contributed by atoms with E-state index in [1.54, 1.807) is 6.07 Å². The Hall–Kier alpha value is -2.14. The van der Waals surface area contributed by atoms with Crippen LogP contribution in [0.15, 0.2) is 22.3 Å². The third-order valence-electron chi connectivity index (χ3n) is 4.58. The number of rotatable bonds is 4. The van der Waals surface area contributed by atoms with Gasteiger partial charge in [0.05, 0.1) is 0 Å². The number of piperidine rings is 1. The van der Waals surface area contributed by atoms with Gasteiger partial charge in [0, 0.05) is 19.1 Å². The summed E-state index contributed by atoms with van der Waals surface area (Å²) in [6.07, 6.45) is 4.78. The van der Waals surface area contributed by atoms with Crippen LogP contribution >= 0.6 is 11.8 Å². The van der Waals surface area contributed by atoms with Crippen molar-refractivity contribution in [1.29, 1.82) is 5.26 Å². The highest BCUT2D eigenvalue weighted by Gasteiger charge is 2.32. The largest absolute Gasteiger partial charge is 0.341 e. The molecule has 24 heavy (non-hydrogen) atoms. The Labute approximate surface area is 145 Å². The average molecular weight is 341 g/mol. The lowest BCUT2D eigenvalue weighted by Gasteiger charge is -2.31. The number of nitrogens with zero attached hydrogens (tertiary/aromatic N) is 7. The fourth-order valence-electron chi connectivity index (χ4n) is 2.94. The van der Waals surface area contributed by atoms with Crippen molar-refractivity contribution in [3.05, 3.63) is 17.8 Å². The Morgan fingerprint density at radius 3 is 2.50 bits per heavy atom. The Bertz CT molecular complexity index is 752. The summed E-state index contributed by atoms with van der Waals surface area (Å²) in [7, 11) is 0. The lowest BCUT2D eigenvalue weighted by Crippen LogP contribution is -2.34. The van der Waals surface area contributed by atoms with Crippen LogP contribution in [0, 0.1) is 17.2 Å². The van der Waals surface area contributed by atoms with Gasteiger partial charge in [-0.25, -0.2) is 0 Å². The quantitative estimate of drug-likeness (QED) is 0.845. The highest BCUT2D eigenvalue weighted by molar-refractivity contribution is 7.99. The minimum absolute atomic E-state index is 0.325. The molecule has 0 atom stereocenters. The first-order valence-electron chi connectivity index (χ1n) is 8.36. The molecule has 0 radical (unpaired) electrons. The zero-order valence-corrected chi connectivity index (χ0v) is 14.4. The summed E-state index contributed by atoms with van der Waals surface area (Å²) in [5, 5.41) is 27.3. The number of nitriles is 1. The van der Waals surface area contributed by atoms with Crippen LogP contribution in [-0.2, 0) is 0 Å². The summed E-state index contributed by atoms with van der Waals surface area (Å²) in [5.41, 5.74) is 0.325. The van der Waals surface area contributed by atoms with Crippen molar-refractivity contribution < 1.29 is 0 Å². The van der Waals surface area contributed by atoms with Gasteiger partial charge in [-0.2, -0.15) is 5.26 Å². The van der Waals surface area contributed by atoms with Gasteiger partial charge in [-0.3, -0.25) is 4.57 Å². The van der Waals surface area contributed by atoms with E-state index >= 15 is 0 Å². The molecule has 7 nitrogen and oxygen atoms in total. The van der Waals surface area contributed by atoms with E-state index in [0.29, 0.717) is 11.7 Å². The predicted octanol–water partition coefficient (Wildman–Crippen LogP) is 2.66. The van der Waals surface area contributed by atoms with Gasteiger partial charge in [0.2, 0.25) is 5.95 Å². The van der Waals surface area contributed by atoms with Gasteiger partial charge in [-0.05, 0) is 55.5 Å². The molecule has 1 aliphatic heterocycles. The maximum absolute atomic E-state index is 8.82. The Kier molecular flexibility index (Phi) is 4.10. The van der Waals surface area contributed by atoms with Crippen LogP contribution in [0.25, 0.3) is 0 Å². The van der Waals surface area contributed by atoms with Crippen molar-refractivity contribution in [1.82, 2.24) is 25.0 Å². The van der Waals surface area contributed by atoms with Gasteiger partial charge in [0.25, 0.3) is 0 Å². The highest BCUT2D eigenvalue weighted by Crippen LogP contribution is 2.42. The molecule has 1 saturated carbocycles. The third-order valence-corrected chi connectivity index (χ3v) is 5.46. The molecule has 2 fully saturated rings. The predicted molar refractivity (Wildman–Crippen MR) is 89.8 cm³/mol. The van der Waals surface area contributed by atoms with Crippen LogP contribution in [0.5, 0.6) is 0 Å². The second kappa shape index (κ2) is 6.40. The first kappa shape index (κ1) is 15.4. The summed E-state index contributed by atoms with van der Waals surface area (Å²) in [6, 6.07) is 5.98. The van der Waals surface area contributed by atoms with E-state index in [2.05, 4.69) is 36.8 Å². The number of hydrogen-bond donors (Lipinski definition) is 0. The molecule has 0 spiro atoms. The molecule has 2 aliphatic rings. The maximum atomic E-state index is 8.82. The molecular weight excluding hydrogens is 322 g/mol. The van der Waals surface area contributed by atoms with Crippen molar-refractivity contribution in [2.45, 2.75) is 48.8 Å². The monoisotopic (exact) mass is 341 g/mol. The summed E-state index contributed by atoms with van der Waals surface area (Å²) >= 11 is 1.47. The van der Waals surface area contributed by atoms with E-state index in [1.807, 2.05) is 12.1 Å². The number of hydrogen-bond acceptors (Lipinski definition) is 7. The van der Waals surface area contributed by atoms with E-state index in [-0.39, 0.29) is 0 Å². The molecule has 124 valence electrons. The van der Waals surface area contributed by atoms with Crippen molar-refractivity contribution in [3.8, 4) is 6.07 Å². The fourth-order valence-corrected chi connectivity index (χ4v) is 3.76. The summed E-state index contributed by atoms with van der Waals surface area (Å²) < 4.78 is 2.26. The number of anilines is 1. The Morgan fingerprint density at radius 1 is 1.08 bits per heavy atom. The van der Waals surface area contributed by atoms with Crippen LogP contribution in [0.4, 0.5) is 5.95 Å². The fraction of sp³-hybridized carbons (Fsp3) is 0.562. The van der Waals surface area contributed by atoms with Crippen LogP contribution in [0.3, 0.4) is 0 Å². The van der Waals surface area contributed by atoms with Gasteiger partial charge in [0.15, 0.2) is 10.9 Å². The van der Waals surface area contributed by atoms with Crippen LogP contribution in [-0.4, -0.2) is 38.1 Å². The van der Waals surface area contributed by atoms with Crippen LogP contribution in [0.1, 0.15) is 44.3 Å². The molecule has 1 saturated heterocycles. The summed E-state index contributed by atoms with van der Waals surface area (Å²) in [5.74, 6) is 1.79.